The van der Waals surface area contributed by atoms with E-state index in [2.05, 4.69) is 10.6 Å². The van der Waals surface area contributed by atoms with Gasteiger partial charge in [0.05, 0.1) is 18.7 Å². The maximum absolute atomic E-state index is 13.2. The highest BCUT2D eigenvalue weighted by Gasteiger charge is 2.38. The SMILES string of the molecule is CC(C)(C)OC(=O)NCCCn1cc(NC(=O)c2ccc(OC[C@H](ON)C(=O)OC(C)(C)C)cc2)c[n+]1CC1CN(C(=O)OC(C)(C)C)C1.O=S(=O)([O-])C(F)(F)F.S. The summed E-state index contributed by atoms with van der Waals surface area (Å²) in [6.07, 6.45) is 2.35. The van der Waals surface area contributed by atoms with Crippen molar-refractivity contribution in [3.63, 3.8) is 0 Å². The van der Waals surface area contributed by atoms with Crippen LogP contribution >= 0.6 is 13.5 Å². The number of anilines is 1. The first kappa shape index (κ1) is 51.7. The molecule has 0 radical (unpaired) electrons. The summed E-state index contributed by atoms with van der Waals surface area (Å²) in [5.41, 5.74) is -6.54. The maximum Gasteiger partial charge on any atom is 0.485 e. The van der Waals surface area contributed by atoms with Crippen LogP contribution in [0.5, 0.6) is 5.75 Å². The van der Waals surface area contributed by atoms with Gasteiger partial charge >= 0.3 is 23.7 Å². The molecule has 1 aliphatic heterocycles. The molecular weight excluding hydrogens is 818 g/mol. The van der Waals surface area contributed by atoms with Gasteiger partial charge < -0.3 is 39.0 Å². The minimum Gasteiger partial charge on any atom is -0.741 e. The molecule has 0 bridgehead atoms. The number of likely N-dealkylation sites (tertiary alicyclic amines) is 1. The Bertz CT molecular complexity index is 1780. The first-order valence-corrected chi connectivity index (χ1v) is 19.1. The molecule has 4 N–H and O–H groups in total. The van der Waals surface area contributed by atoms with Crippen LogP contribution in [0.1, 0.15) is 79.1 Å². The molecule has 1 fully saturated rings. The van der Waals surface area contributed by atoms with E-state index in [0.717, 1.165) is 0 Å². The summed E-state index contributed by atoms with van der Waals surface area (Å²) in [4.78, 5) is 56.3. The van der Waals surface area contributed by atoms with Crippen LogP contribution in [0.25, 0.3) is 0 Å². The number of carbonyl (C=O) groups is 4. The van der Waals surface area contributed by atoms with Crippen LogP contribution in [0.2, 0.25) is 0 Å². The van der Waals surface area contributed by atoms with Crippen molar-refractivity contribution in [2.24, 2.45) is 11.8 Å². The fourth-order valence-electron chi connectivity index (χ4n) is 4.70. The normalized spacial score (nSPS) is 14.1. The Hall–Kier alpha value is -4.32. The molecule has 330 valence electrons. The molecule has 3 amide bonds. The average Bonchev–Trinajstić information content (AvgIpc) is 3.38. The molecule has 3 rings (SSSR count). The van der Waals surface area contributed by atoms with Crippen LogP contribution in [-0.4, -0.2) is 101 Å². The van der Waals surface area contributed by atoms with Crippen molar-refractivity contribution in [1.29, 1.82) is 0 Å². The highest BCUT2D eigenvalue weighted by atomic mass is 32.2. The van der Waals surface area contributed by atoms with Crippen molar-refractivity contribution in [1.82, 2.24) is 14.9 Å². The average molecular weight is 873 g/mol. The van der Waals surface area contributed by atoms with E-state index in [4.69, 9.17) is 42.7 Å². The molecule has 58 heavy (non-hydrogen) atoms. The molecule has 1 saturated heterocycles. The molecule has 1 aromatic carbocycles. The largest absolute Gasteiger partial charge is 0.741 e. The maximum atomic E-state index is 13.2. The second-order valence-corrected chi connectivity index (χ2v) is 17.3. The number of hydrogen-bond donors (Lipinski definition) is 3. The number of nitrogens with zero attached hydrogens (tertiary/aromatic N) is 3. The summed E-state index contributed by atoms with van der Waals surface area (Å²) < 4.78 is 84.6. The van der Waals surface area contributed by atoms with Crippen molar-refractivity contribution >= 4 is 53.4 Å². The lowest BCUT2D eigenvalue weighted by atomic mass is 10.0. The van der Waals surface area contributed by atoms with E-state index in [1.54, 1.807) is 70.7 Å². The van der Waals surface area contributed by atoms with Crippen LogP contribution in [-0.2, 0) is 47.1 Å². The summed E-state index contributed by atoms with van der Waals surface area (Å²) in [6.45, 7) is 18.6. The Morgan fingerprint density at radius 1 is 0.931 bits per heavy atom. The van der Waals surface area contributed by atoms with E-state index in [1.807, 2.05) is 42.5 Å². The smallest absolute Gasteiger partial charge is 0.485 e. The summed E-state index contributed by atoms with van der Waals surface area (Å²) in [6, 6.07) is 6.41. The molecule has 2 heterocycles. The second kappa shape index (κ2) is 21.1. The number of benzene rings is 1. The minimum atomic E-state index is -6.09. The van der Waals surface area contributed by atoms with E-state index in [-0.39, 0.29) is 38.0 Å². The quantitative estimate of drug-likeness (QED) is 0.0493. The molecule has 0 saturated carbocycles. The van der Waals surface area contributed by atoms with Crippen molar-refractivity contribution < 1.29 is 73.8 Å². The van der Waals surface area contributed by atoms with Gasteiger partial charge in [-0.25, -0.2) is 28.7 Å². The zero-order chi connectivity index (χ0) is 43.6. The number of nitrogens with one attached hydrogen (secondary N) is 2. The van der Waals surface area contributed by atoms with Crippen molar-refractivity contribution in [3.05, 3.63) is 42.2 Å². The Morgan fingerprint density at radius 3 is 1.95 bits per heavy atom. The second-order valence-electron chi connectivity index (χ2n) is 15.9. The molecule has 23 heteroatoms. The number of hydrogen-bond acceptors (Lipinski definition) is 13. The van der Waals surface area contributed by atoms with Crippen LogP contribution in [0.3, 0.4) is 0 Å². The molecule has 1 aromatic heterocycles. The zero-order valence-electron chi connectivity index (χ0n) is 33.9. The zero-order valence-corrected chi connectivity index (χ0v) is 35.7. The number of halogens is 3. The third-order valence-corrected chi connectivity index (χ3v) is 7.65. The lowest BCUT2D eigenvalue weighted by molar-refractivity contribution is -0.781. The number of alkyl halides is 3. The van der Waals surface area contributed by atoms with Crippen LogP contribution in [0.4, 0.5) is 28.4 Å². The number of aryl methyl sites for hydroxylation is 1. The van der Waals surface area contributed by atoms with Gasteiger partial charge in [-0.1, -0.05) is 0 Å². The summed E-state index contributed by atoms with van der Waals surface area (Å²) >= 11 is 0. The molecule has 0 unspecified atom stereocenters. The van der Waals surface area contributed by atoms with E-state index >= 15 is 0 Å². The summed E-state index contributed by atoms with van der Waals surface area (Å²) in [5, 5.41) is 5.71. The van der Waals surface area contributed by atoms with E-state index in [9.17, 15) is 32.3 Å². The minimum absolute atomic E-state index is 0. The van der Waals surface area contributed by atoms with E-state index < -0.39 is 50.6 Å². The fourth-order valence-corrected chi connectivity index (χ4v) is 4.70. The number of alkyl carbamates (subject to hydrolysis) is 1. The van der Waals surface area contributed by atoms with Gasteiger partial charge in [0.1, 0.15) is 34.8 Å². The Balaban J connectivity index is 0.00000168. The van der Waals surface area contributed by atoms with Gasteiger partial charge in [-0.05, 0) is 93.0 Å². The monoisotopic (exact) mass is 872 g/mol. The summed E-state index contributed by atoms with van der Waals surface area (Å²) in [7, 11) is -6.09. The topological polar surface area (TPSA) is 234 Å². The number of nitrogens with two attached hydrogens (primary N) is 1. The van der Waals surface area contributed by atoms with Crippen LogP contribution in [0, 0.1) is 5.92 Å². The standard InChI is InChI=1S/C34H52N6O9.CHF3O3S.H2S/c1-32(2,3)46-29(42)27(49-35)22-45-26-13-11-24(12-14-26)28(41)37-25-20-39(16-10-15-36-30(43)47-33(4,5)6)40(21-25)19-23-17-38(18-23)31(44)48-34(7,8)9;2-1(3,4)8(5,6)7;/h11-14,20-21,23,27H,10,15-19,22,35H2,1-9H3,(H-,36,37,41,43);(H,5,6,7);1H2/t27-;;/m0../s1. The Kier molecular flexibility index (Phi) is 18.8. The number of ether oxygens (including phenoxy) is 4. The van der Waals surface area contributed by atoms with Crippen molar-refractivity contribution in [3.8, 4) is 5.75 Å². The number of aromatic nitrogens is 2. The van der Waals surface area contributed by atoms with E-state index in [1.165, 1.54) is 0 Å². The molecule has 1 aliphatic rings. The molecule has 2 aromatic rings. The molecule has 18 nitrogen and oxygen atoms in total. The molecule has 1 atom stereocenters. The lowest BCUT2D eigenvalue weighted by Crippen LogP contribution is -2.58. The highest BCUT2D eigenvalue weighted by molar-refractivity contribution is 7.86. The van der Waals surface area contributed by atoms with Gasteiger partial charge in [-0.2, -0.15) is 31.3 Å². The van der Waals surface area contributed by atoms with Gasteiger partial charge in [0, 0.05) is 25.2 Å². The Morgan fingerprint density at radius 2 is 1.47 bits per heavy atom. The first-order valence-electron chi connectivity index (χ1n) is 17.7. The van der Waals surface area contributed by atoms with Crippen molar-refractivity contribution in [2.75, 3.05) is 31.6 Å². The first-order chi connectivity index (χ1) is 26.0. The highest BCUT2D eigenvalue weighted by Crippen LogP contribution is 2.22. The third kappa shape index (κ3) is 19.0. The number of carbonyl (C=O) groups excluding carboxylic acids is 4. The summed E-state index contributed by atoms with van der Waals surface area (Å²) in [5.74, 6) is 4.89. The van der Waals surface area contributed by atoms with Gasteiger partial charge in [0.25, 0.3) is 5.91 Å². The predicted octanol–water partition coefficient (Wildman–Crippen LogP) is 3.95. The third-order valence-electron chi connectivity index (χ3n) is 7.09. The predicted molar refractivity (Wildman–Crippen MR) is 206 cm³/mol. The molecular formula is C35H55F3N6O12S2. The fraction of sp³-hybridized carbons (Fsp3) is 0.629. The lowest BCUT2D eigenvalue weighted by Gasteiger charge is -2.38. The van der Waals surface area contributed by atoms with Crippen LogP contribution in [0.15, 0.2) is 36.7 Å². The van der Waals surface area contributed by atoms with Gasteiger partial charge in [-0.3, -0.25) is 9.63 Å². The van der Waals surface area contributed by atoms with Crippen molar-refractivity contribution in [2.45, 2.75) is 110 Å². The number of amides is 3. The van der Waals surface area contributed by atoms with Crippen LogP contribution < -0.4 is 25.9 Å². The van der Waals surface area contributed by atoms with Gasteiger partial charge in [-0.15, -0.1) is 4.68 Å². The number of esters is 1. The van der Waals surface area contributed by atoms with Gasteiger partial charge in [0.15, 0.2) is 16.7 Å². The number of rotatable bonds is 13. The van der Waals surface area contributed by atoms with E-state index in [0.29, 0.717) is 56.1 Å². The molecule has 0 aliphatic carbocycles. The van der Waals surface area contributed by atoms with Gasteiger partial charge in [0.2, 0.25) is 12.3 Å². The molecule has 0 spiro atoms. The Labute approximate surface area is 342 Å².